The molecule has 4 rings (SSSR count). The van der Waals surface area contributed by atoms with Crippen molar-refractivity contribution in [1.29, 1.82) is 0 Å². The Bertz CT molecular complexity index is 779. The van der Waals surface area contributed by atoms with Gasteiger partial charge in [-0.15, -0.1) is 0 Å². The molecule has 3 heterocycles. The lowest BCUT2D eigenvalue weighted by Crippen LogP contribution is -2.56. The first kappa shape index (κ1) is 11.0. The first-order valence-corrected chi connectivity index (χ1v) is 6.43. The van der Waals surface area contributed by atoms with Crippen LogP contribution in [0.1, 0.15) is 0 Å². The fraction of sp³-hybridized carbons (Fsp3) is 0.231. The van der Waals surface area contributed by atoms with Crippen molar-refractivity contribution in [1.82, 2.24) is 9.97 Å². The lowest BCUT2D eigenvalue weighted by Gasteiger charge is -2.37. The molecule has 6 heteroatoms. The van der Waals surface area contributed by atoms with Crippen molar-refractivity contribution in [3.8, 4) is 0 Å². The molecule has 1 aliphatic heterocycles. The van der Waals surface area contributed by atoms with E-state index in [0.29, 0.717) is 10.6 Å². The average molecular weight is 275 g/mol. The van der Waals surface area contributed by atoms with Gasteiger partial charge in [-0.1, -0.05) is 11.6 Å². The molecule has 0 bridgehead atoms. The summed E-state index contributed by atoms with van der Waals surface area (Å²) in [5.74, 6) is 0.805. The minimum Gasteiger partial charge on any atom is -0.450 e. The molecule has 1 saturated heterocycles. The molecule has 0 unspecified atom stereocenters. The largest absolute Gasteiger partial charge is 0.450 e. The molecule has 2 N–H and O–H groups in total. The van der Waals surface area contributed by atoms with Crippen LogP contribution in [0.4, 0.5) is 5.82 Å². The van der Waals surface area contributed by atoms with Crippen LogP contribution in [0.25, 0.3) is 22.1 Å². The van der Waals surface area contributed by atoms with E-state index in [9.17, 15) is 0 Å². The van der Waals surface area contributed by atoms with E-state index < -0.39 is 0 Å². The van der Waals surface area contributed by atoms with Gasteiger partial charge in [-0.3, -0.25) is 0 Å². The van der Waals surface area contributed by atoms with Crippen molar-refractivity contribution in [2.24, 2.45) is 5.73 Å². The van der Waals surface area contributed by atoms with Gasteiger partial charge in [0.15, 0.2) is 11.4 Å². The molecule has 0 radical (unpaired) electrons. The minimum absolute atomic E-state index is 0.212. The second-order valence-corrected chi connectivity index (χ2v) is 5.22. The van der Waals surface area contributed by atoms with E-state index in [0.717, 1.165) is 35.4 Å². The first-order valence-electron chi connectivity index (χ1n) is 6.05. The second kappa shape index (κ2) is 3.82. The number of hydrogen-bond donors (Lipinski definition) is 1. The molecule has 2 aromatic heterocycles. The molecule has 0 spiro atoms. The monoisotopic (exact) mass is 274 g/mol. The van der Waals surface area contributed by atoms with Crippen LogP contribution in [-0.4, -0.2) is 29.1 Å². The second-order valence-electron chi connectivity index (χ2n) is 4.78. The number of rotatable bonds is 1. The van der Waals surface area contributed by atoms with E-state index in [1.54, 1.807) is 12.4 Å². The maximum absolute atomic E-state index is 6.02. The molecule has 0 atom stereocenters. The van der Waals surface area contributed by atoms with Crippen molar-refractivity contribution in [2.75, 3.05) is 18.0 Å². The van der Waals surface area contributed by atoms with Crippen LogP contribution in [0, 0.1) is 0 Å². The van der Waals surface area contributed by atoms with E-state index in [-0.39, 0.29) is 6.04 Å². The fourth-order valence-electron chi connectivity index (χ4n) is 2.45. The Labute approximate surface area is 114 Å². The van der Waals surface area contributed by atoms with Gasteiger partial charge in [0.2, 0.25) is 0 Å². The SMILES string of the molecule is NC1CN(c2ncnc3c2oc2ccc(Cl)cc23)C1. The standard InChI is InChI=1S/C13H11ClN4O/c14-7-1-2-10-9(3-7)11-12(19-10)13(17-6-16-11)18-4-8(15)5-18/h1-3,6,8H,4-5,15H2. The number of halogens is 1. The summed E-state index contributed by atoms with van der Waals surface area (Å²) in [6.45, 7) is 1.59. The molecule has 0 aliphatic carbocycles. The Balaban J connectivity index is 1.98. The van der Waals surface area contributed by atoms with Crippen LogP contribution in [0.5, 0.6) is 0 Å². The van der Waals surface area contributed by atoms with Crippen LogP contribution < -0.4 is 10.6 Å². The third kappa shape index (κ3) is 1.59. The maximum atomic E-state index is 6.02. The van der Waals surface area contributed by atoms with Gasteiger partial charge >= 0.3 is 0 Å². The van der Waals surface area contributed by atoms with Crippen molar-refractivity contribution in [3.63, 3.8) is 0 Å². The fourth-order valence-corrected chi connectivity index (χ4v) is 2.62. The summed E-state index contributed by atoms with van der Waals surface area (Å²) in [5.41, 5.74) is 8.08. The highest BCUT2D eigenvalue weighted by molar-refractivity contribution is 6.31. The molecule has 3 aromatic rings. The van der Waals surface area contributed by atoms with Gasteiger partial charge in [0.1, 0.15) is 17.4 Å². The van der Waals surface area contributed by atoms with Gasteiger partial charge in [0.05, 0.1) is 0 Å². The first-order chi connectivity index (χ1) is 9.22. The number of furan rings is 1. The number of fused-ring (bicyclic) bond motifs is 3. The van der Waals surface area contributed by atoms with Crippen molar-refractivity contribution in [2.45, 2.75) is 6.04 Å². The quantitative estimate of drug-likeness (QED) is 0.737. The normalized spacial score (nSPS) is 16.2. The van der Waals surface area contributed by atoms with E-state index in [1.165, 1.54) is 0 Å². The molecule has 96 valence electrons. The molecule has 0 amide bonds. The summed E-state index contributed by atoms with van der Waals surface area (Å²) in [5, 5.41) is 1.58. The zero-order valence-corrected chi connectivity index (χ0v) is 10.8. The predicted octanol–water partition coefficient (Wildman–Crippen LogP) is 2.18. The topological polar surface area (TPSA) is 68.2 Å². The summed E-state index contributed by atoms with van der Waals surface area (Å²) < 4.78 is 5.86. The van der Waals surface area contributed by atoms with E-state index >= 15 is 0 Å². The van der Waals surface area contributed by atoms with Crippen LogP contribution in [0.3, 0.4) is 0 Å². The zero-order valence-electron chi connectivity index (χ0n) is 10.0. The van der Waals surface area contributed by atoms with Gasteiger partial charge in [-0.05, 0) is 18.2 Å². The number of hydrogen-bond acceptors (Lipinski definition) is 5. The van der Waals surface area contributed by atoms with E-state index in [4.69, 9.17) is 21.8 Å². The molecular weight excluding hydrogens is 264 g/mol. The lowest BCUT2D eigenvalue weighted by atomic mass is 10.1. The number of aromatic nitrogens is 2. The van der Waals surface area contributed by atoms with Gasteiger partial charge in [0, 0.05) is 29.5 Å². The highest BCUT2D eigenvalue weighted by Gasteiger charge is 2.27. The van der Waals surface area contributed by atoms with Crippen LogP contribution in [0.15, 0.2) is 28.9 Å². The molecule has 1 aromatic carbocycles. The van der Waals surface area contributed by atoms with Gasteiger partial charge in [-0.2, -0.15) is 0 Å². The highest BCUT2D eigenvalue weighted by Crippen LogP contribution is 2.34. The Morgan fingerprint density at radius 3 is 2.95 bits per heavy atom. The number of nitrogens with two attached hydrogens (primary N) is 1. The zero-order chi connectivity index (χ0) is 13.0. The van der Waals surface area contributed by atoms with Gasteiger partial charge in [-0.25, -0.2) is 9.97 Å². The van der Waals surface area contributed by atoms with Crippen molar-refractivity contribution < 1.29 is 4.42 Å². The van der Waals surface area contributed by atoms with Crippen molar-refractivity contribution in [3.05, 3.63) is 29.5 Å². The third-order valence-corrected chi connectivity index (χ3v) is 3.64. The molecule has 5 nitrogen and oxygen atoms in total. The Morgan fingerprint density at radius 1 is 1.32 bits per heavy atom. The number of benzene rings is 1. The number of nitrogens with zero attached hydrogens (tertiary/aromatic N) is 3. The van der Waals surface area contributed by atoms with E-state index in [2.05, 4.69) is 14.9 Å². The van der Waals surface area contributed by atoms with Crippen LogP contribution >= 0.6 is 11.6 Å². The highest BCUT2D eigenvalue weighted by atomic mass is 35.5. The van der Waals surface area contributed by atoms with Crippen LogP contribution in [0.2, 0.25) is 5.02 Å². The van der Waals surface area contributed by atoms with Crippen molar-refractivity contribution >= 4 is 39.5 Å². The third-order valence-electron chi connectivity index (χ3n) is 3.40. The summed E-state index contributed by atoms with van der Waals surface area (Å²) in [7, 11) is 0. The number of anilines is 1. The van der Waals surface area contributed by atoms with E-state index in [1.807, 2.05) is 12.1 Å². The molecule has 1 fully saturated rings. The van der Waals surface area contributed by atoms with Gasteiger partial charge in [0.25, 0.3) is 0 Å². The minimum atomic E-state index is 0.212. The van der Waals surface area contributed by atoms with Gasteiger partial charge < -0.3 is 15.1 Å². The molecular formula is C13H11ClN4O. The summed E-state index contributed by atoms with van der Waals surface area (Å²) >= 11 is 6.02. The summed E-state index contributed by atoms with van der Waals surface area (Å²) in [4.78, 5) is 10.7. The summed E-state index contributed by atoms with van der Waals surface area (Å²) in [6, 6.07) is 5.73. The predicted molar refractivity (Wildman–Crippen MR) is 74.5 cm³/mol. The molecule has 19 heavy (non-hydrogen) atoms. The molecule has 1 aliphatic rings. The maximum Gasteiger partial charge on any atom is 0.196 e. The lowest BCUT2D eigenvalue weighted by molar-refractivity contribution is 0.512. The van der Waals surface area contributed by atoms with Crippen LogP contribution in [-0.2, 0) is 0 Å². The average Bonchev–Trinajstić information content (AvgIpc) is 2.73. The Morgan fingerprint density at radius 2 is 2.16 bits per heavy atom. The smallest absolute Gasteiger partial charge is 0.196 e. The Kier molecular flexibility index (Phi) is 2.22. The Hall–Kier alpha value is -1.85. The molecule has 0 saturated carbocycles. The summed E-state index contributed by atoms with van der Waals surface area (Å²) in [6.07, 6.45) is 1.55.